The van der Waals surface area contributed by atoms with Crippen molar-refractivity contribution in [1.82, 2.24) is 14.8 Å². The molecule has 1 spiro atoms. The van der Waals surface area contributed by atoms with Gasteiger partial charge in [-0.05, 0) is 68.3 Å². The Morgan fingerprint density at radius 1 is 0.867 bits per heavy atom. The van der Waals surface area contributed by atoms with Crippen molar-refractivity contribution in [3.63, 3.8) is 0 Å². The minimum atomic E-state index is -5.08. The Balaban J connectivity index is 0.000000396. The number of piperidine rings is 1. The van der Waals surface area contributed by atoms with E-state index >= 15 is 0 Å². The van der Waals surface area contributed by atoms with Crippen LogP contribution in [0.1, 0.15) is 44.1 Å². The van der Waals surface area contributed by atoms with Crippen molar-refractivity contribution in [3.05, 3.63) is 30.1 Å². The number of carboxylic acid groups (broad SMARTS) is 3. The summed E-state index contributed by atoms with van der Waals surface area (Å²) < 4.78 is 101. The standard InChI is InChI=1S/C20H31N3O.3C2HF3O2/c1-24-15-19-13-20(7-11-22(12-8-20)18-3-2-4-18)16-23(19)14-17-5-9-21-10-6-17;3*3-2(4,5)1(6)7/h5-6,9-10,18-19H,2-4,7-8,11-16H2,1H3;3*(H,6,7). The largest absolute Gasteiger partial charge is 0.490 e. The molecule has 1 aromatic heterocycles. The number of pyridine rings is 1. The normalized spacial score (nSPS) is 20.4. The van der Waals surface area contributed by atoms with Crippen molar-refractivity contribution in [2.24, 2.45) is 5.41 Å². The number of ether oxygens (including phenoxy) is 1. The minimum Gasteiger partial charge on any atom is -0.475 e. The van der Waals surface area contributed by atoms with Gasteiger partial charge in [-0.15, -0.1) is 0 Å². The molecule has 3 heterocycles. The monoisotopic (exact) mass is 671 g/mol. The van der Waals surface area contributed by atoms with Crippen molar-refractivity contribution >= 4 is 17.9 Å². The van der Waals surface area contributed by atoms with Crippen molar-refractivity contribution in [1.29, 1.82) is 0 Å². The highest BCUT2D eigenvalue weighted by atomic mass is 19.4. The van der Waals surface area contributed by atoms with E-state index in [4.69, 9.17) is 34.4 Å². The van der Waals surface area contributed by atoms with Gasteiger partial charge in [0.15, 0.2) is 0 Å². The van der Waals surface area contributed by atoms with Crippen LogP contribution in [0.3, 0.4) is 0 Å². The van der Waals surface area contributed by atoms with E-state index in [1.54, 1.807) is 0 Å². The predicted octanol–water partition coefficient (Wildman–Crippen LogP) is 4.84. The number of carbonyl (C=O) groups is 3. The smallest absolute Gasteiger partial charge is 0.475 e. The number of alkyl halides is 9. The third-order valence-corrected chi connectivity index (χ3v) is 7.39. The van der Waals surface area contributed by atoms with E-state index in [0.717, 1.165) is 19.2 Å². The lowest BCUT2D eigenvalue weighted by molar-refractivity contribution is -0.193. The second kappa shape index (κ2) is 16.9. The number of likely N-dealkylation sites (tertiary alicyclic amines) is 2. The fourth-order valence-electron chi connectivity index (χ4n) is 5.00. The molecule has 3 N–H and O–H groups in total. The van der Waals surface area contributed by atoms with Gasteiger partial charge in [0.2, 0.25) is 0 Å². The molecule has 4 rings (SSSR count). The lowest BCUT2D eigenvalue weighted by atomic mass is 9.75. The molecule has 258 valence electrons. The quantitative estimate of drug-likeness (QED) is 0.373. The average Bonchev–Trinajstić information content (AvgIpc) is 3.20. The molecular weight excluding hydrogens is 637 g/mol. The van der Waals surface area contributed by atoms with Crippen LogP contribution in [0, 0.1) is 5.41 Å². The average molecular weight is 672 g/mol. The van der Waals surface area contributed by atoms with Gasteiger partial charge in [-0.1, -0.05) is 6.42 Å². The maximum Gasteiger partial charge on any atom is 0.490 e. The van der Waals surface area contributed by atoms with E-state index in [-0.39, 0.29) is 0 Å². The molecule has 1 aliphatic carbocycles. The Morgan fingerprint density at radius 2 is 1.29 bits per heavy atom. The summed E-state index contributed by atoms with van der Waals surface area (Å²) in [6, 6.07) is 5.77. The first-order valence-electron chi connectivity index (χ1n) is 13.4. The van der Waals surface area contributed by atoms with Crippen LogP contribution in [0.15, 0.2) is 24.5 Å². The molecular formula is C26H34F9N3O7. The minimum absolute atomic E-state index is 0.524. The first kappa shape index (κ1) is 39.8. The summed E-state index contributed by atoms with van der Waals surface area (Å²) in [5.41, 5.74) is 1.89. The van der Waals surface area contributed by atoms with Crippen LogP contribution in [0.4, 0.5) is 39.5 Å². The molecule has 10 nitrogen and oxygen atoms in total. The lowest BCUT2D eigenvalue weighted by Gasteiger charge is -2.45. The molecule has 2 saturated heterocycles. The number of halogens is 9. The van der Waals surface area contributed by atoms with Gasteiger partial charge in [0.1, 0.15) is 0 Å². The molecule has 1 saturated carbocycles. The molecule has 0 radical (unpaired) electrons. The van der Waals surface area contributed by atoms with E-state index in [2.05, 4.69) is 26.9 Å². The fourth-order valence-corrected chi connectivity index (χ4v) is 5.00. The first-order chi connectivity index (χ1) is 20.6. The molecule has 1 aromatic rings. The Hall–Kier alpha value is -3.19. The Morgan fingerprint density at radius 3 is 1.62 bits per heavy atom. The zero-order valence-corrected chi connectivity index (χ0v) is 24.0. The Bertz CT molecular complexity index is 1020. The maximum atomic E-state index is 10.6. The topological polar surface area (TPSA) is 140 Å². The van der Waals surface area contributed by atoms with Gasteiger partial charge in [0.05, 0.1) is 6.61 Å². The van der Waals surface area contributed by atoms with Gasteiger partial charge < -0.3 is 25.0 Å². The molecule has 0 aromatic carbocycles. The summed E-state index contributed by atoms with van der Waals surface area (Å²) in [5.74, 6) is -8.27. The van der Waals surface area contributed by atoms with Crippen LogP contribution in [0.2, 0.25) is 0 Å². The number of nitrogens with zero attached hydrogens (tertiary/aromatic N) is 3. The third-order valence-electron chi connectivity index (χ3n) is 7.39. The van der Waals surface area contributed by atoms with E-state index in [9.17, 15) is 39.5 Å². The molecule has 1 atom stereocenters. The van der Waals surface area contributed by atoms with Crippen molar-refractivity contribution in [2.75, 3.05) is 33.4 Å². The molecule has 0 amide bonds. The number of hydrogen-bond acceptors (Lipinski definition) is 7. The summed E-state index contributed by atoms with van der Waals surface area (Å²) in [6.45, 7) is 5.76. The number of carboxylic acids is 3. The van der Waals surface area contributed by atoms with Crippen LogP contribution >= 0.6 is 0 Å². The van der Waals surface area contributed by atoms with Gasteiger partial charge in [0.25, 0.3) is 0 Å². The molecule has 0 bridgehead atoms. The van der Waals surface area contributed by atoms with Crippen molar-refractivity contribution in [3.8, 4) is 0 Å². The maximum absolute atomic E-state index is 10.6. The van der Waals surface area contributed by atoms with Crippen LogP contribution in [0.5, 0.6) is 0 Å². The van der Waals surface area contributed by atoms with Crippen LogP contribution in [-0.2, 0) is 25.7 Å². The molecule has 2 aliphatic heterocycles. The number of aromatic nitrogens is 1. The zero-order chi connectivity index (χ0) is 34.6. The van der Waals surface area contributed by atoms with E-state index < -0.39 is 36.4 Å². The predicted molar refractivity (Wildman–Crippen MR) is 137 cm³/mol. The van der Waals surface area contributed by atoms with Crippen LogP contribution < -0.4 is 0 Å². The zero-order valence-electron chi connectivity index (χ0n) is 24.0. The third kappa shape index (κ3) is 14.2. The number of methoxy groups -OCH3 is 1. The lowest BCUT2D eigenvalue weighted by Crippen LogP contribution is -2.48. The molecule has 19 heteroatoms. The molecule has 1 unspecified atom stereocenters. The number of aliphatic carboxylic acids is 3. The molecule has 45 heavy (non-hydrogen) atoms. The second-order valence-electron chi connectivity index (χ2n) is 10.6. The fraction of sp³-hybridized carbons (Fsp3) is 0.692. The Kier molecular flexibility index (Phi) is 15.0. The van der Waals surface area contributed by atoms with Gasteiger partial charge in [-0.2, -0.15) is 39.5 Å². The van der Waals surface area contributed by atoms with Crippen molar-refractivity contribution in [2.45, 2.75) is 75.7 Å². The Labute approximate surface area is 251 Å². The van der Waals surface area contributed by atoms with Crippen LogP contribution in [0.25, 0.3) is 0 Å². The van der Waals surface area contributed by atoms with Gasteiger partial charge >= 0.3 is 36.4 Å². The highest BCUT2D eigenvalue weighted by molar-refractivity contribution is 5.73. The number of rotatable bonds is 5. The summed E-state index contributed by atoms with van der Waals surface area (Å²) in [5, 5.41) is 21.4. The molecule has 3 aliphatic rings. The summed E-state index contributed by atoms with van der Waals surface area (Å²) in [7, 11) is 1.84. The molecule has 3 fully saturated rings. The van der Waals surface area contributed by atoms with Crippen LogP contribution in [-0.4, -0.2) is 112 Å². The highest BCUT2D eigenvalue weighted by Crippen LogP contribution is 2.45. The first-order valence-corrected chi connectivity index (χ1v) is 13.4. The SMILES string of the molecule is COCC1CC2(CCN(C3CCC3)CC2)CN1Cc1ccncc1.O=C(O)C(F)(F)F.O=C(O)C(F)(F)F.O=C(O)C(F)(F)F. The summed E-state index contributed by atoms with van der Waals surface area (Å²) >= 11 is 0. The number of hydrogen-bond donors (Lipinski definition) is 3. The summed E-state index contributed by atoms with van der Waals surface area (Å²) in [6.07, 6.45) is -3.06. The highest BCUT2D eigenvalue weighted by Gasteiger charge is 2.46. The van der Waals surface area contributed by atoms with E-state index in [0.29, 0.717) is 11.5 Å². The van der Waals surface area contributed by atoms with Gasteiger partial charge in [-0.3, -0.25) is 9.88 Å². The van der Waals surface area contributed by atoms with E-state index in [1.165, 1.54) is 63.7 Å². The summed E-state index contributed by atoms with van der Waals surface area (Å²) in [4.78, 5) is 36.3. The van der Waals surface area contributed by atoms with Crippen molar-refractivity contribution < 1.29 is 74.0 Å². The van der Waals surface area contributed by atoms with Gasteiger partial charge in [0, 0.05) is 44.7 Å². The van der Waals surface area contributed by atoms with E-state index in [1.807, 2.05) is 19.5 Å². The van der Waals surface area contributed by atoms with Gasteiger partial charge in [-0.25, -0.2) is 14.4 Å². The second-order valence-corrected chi connectivity index (χ2v) is 10.6.